The molecule has 0 saturated heterocycles. The molecule has 4 nitrogen and oxygen atoms in total. The topological polar surface area (TPSA) is 38.8 Å². The number of carbonyl (C=O) groups excluding carboxylic acids is 1. The number of fused-ring (bicyclic) bond motifs is 1. The molecule has 0 saturated carbocycles. The lowest BCUT2D eigenvalue weighted by Crippen LogP contribution is -2.41. The van der Waals surface area contributed by atoms with Crippen LogP contribution >= 0.6 is 0 Å². The Bertz CT molecular complexity index is 489. The van der Waals surface area contributed by atoms with Gasteiger partial charge in [-0.25, -0.2) is 0 Å². The van der Waals surface area contributed by atoms with Gasteiger partial charge in [0.1, 0.15) is 0 Å². The van der Waals surface area contributed by atoms with E-state index in [0.717, 1.165) is 5.56 Å². The number of nitrogens with zero attached hydrogens (tertiary/aromatic N) is 1. The Labute approximate surface area is 107 Å². The molecule has 0 radical (unpaired) electrons. The summed E-state index contributed by atoms with van der Waals surface area (Å²) in [6, 6.07) is 3.65. The smallest absolute Gasteiger partial charge is 0.255 e. The van der Waals surface area contributed by atoms with E-state index in [1.807, 2.05) is 31.7 Å². The largest absolute Gasteiger partial charge is 0.493 e. The lowest BCUT2D eigenvalue weighted by atomic mass is 10.1. The van der Waals surface area contributed by atoms with Gasteiger partial charge in [-0.05, 0) is 38.5 Å². The van der Waals surface area contributed by atoms with E-state index < -0.39 is 0 Å². The number of carbonyl (C=O) groups is 1. The van der Waals surface area contributed by atoms with Crippen molar-refractivity contribution in [1.82, 2.24) is 4.90 Å². The summed E-state index contributed by atoms with van der Waals surface area (Å²) in [5.41, 5.74) is 1.52. The van der Waals surface area contributed by atoms with Gasteiger partial charge in [-0.2, -0.15) is 0 Å². The first-order valence-electron chi connectivity index (χ1n) is 5.95. The molecule has 4 heteroatoms. The highest BCUT2D eigenvalue weighted by molar-refractivity contribution is 5.99. The third-order valence-corrected chi connectivity index (χ3v) is 3.22. The highest BCUT2D eigenvalue weighted by Gasteiger charge is 2.35. The molecular formula is C14H19NO3. The average molecular weight is 249 g/mol. The van der Waals surface area contributed by atoms with Gasteiger partial charge in [-0.3, -0.25) is 4.79 Å². The number of amides is 1. The van der Waals surface area contributed by atoms with Crippen LogP contribution in [0.2, 0.25) is 0 Å². The Morgan fingerprint density at radius 1 is 1.11 bits per heavy atom. The number of hydrogen-bond donors (Lipinski definition) is 0. The van der Waals surface area contributed by atoms with E-state index in [-0.39, 0.29) is 11.4 Å². The van der Waals surface area contributed by atoms with E-state index in [4.69, 9.17) is 9.47 Å². The van der Waals surface area contributed by atoms with E-state index in [0.29, 0.717) is 23.6 Å². The average Bonchev–Trinajstić information content (AvgIpc) is 2.64. The highest BCUT2D eigenvalue weighted by Crippen LogP contribution is 2.36. The summed E-state index contributed by atoms with van der Waals surface area (Å²) in [5.74, 6) is 1.32. The molecule has 0 unspecified atom stereocenters. The van der Waals surface area contributed by atoms with Crippen molar-refractivity contribution in [1.29, 1.82) is 0 Å². The van der Waals surface area contributed by atoms with Crippen LogP contribution in [-0.4, -0.2) is 30.6 Å². The van der Waals surface area contributed by atoms with E-state index in [2.05, 4.69) is 0 Å². The number of benzene rings is 1. The molecule has 0 aromatic heterocycles. The van der Waals surface area contributed by atoms with Crippen molar-refractivity contribution in [2.75, 3.05) is 14.2 Å². The van der Waals surface area contributed by atoms with Crippen LogP contribution in [0.4, 0.5) is 0 Å². The lowest BCUT2D eigenvalue weighted by Gasteiger charge is -2.31. The van der Waals surface area contributed by atoms with Crippen LogP contribution in [0.15, 0.2) is 12.1 Å². The fraction of sp³-hybridized carbons (Fsp3) is 0.500. The normalized spacial score (nSPS) is 14.7. The molecule has 2 rings (SSSR count). The molecule has 1 aromatic carbocycles. The van der Waals surface area contributed by atoms with Gasteiger partial charge in [0.2, 0.25) is 0 Å². The summed E-state index contributed by atoms with van der Waals surface area (Å²) in [6.45, 7) is 6.72. The standard InChI is InChI=1S/C14H19NO3/c1-14(2,3)15-8-9-6-11(17-4)12(18-5)7-10(9)13(15)16/h6-7H,8H2,1-5H3. The summed E-state index contributed by atoms with van der Waals surface area (Å²) in [5, 5.41) is 0. The first-order chi connectivity index (χ1) is 8.38. The highest BCUT2D eigenvalue weighted by atomic mass is 16.5. The molecule has 0 N–H and O–H groups in total. The zero-order chi connectivity index (χ0) is 13.5. The molecule has 18 heavy (non-hydrogen) atoms. The van der Waals surface area contributed by atoms with Crippen molar-refractivity contribution in [2.45, 2.75) is 32.9 Å². The second-order valence-electron chi connectivity index (χ2n) is 5.43. The third-order valence-electron chi connectivity index (χ3n) is 3.22. The predicted molar refractivity (Wildman–Crippen MR) is 69.2 cm³/mol. The van der Waals surface area contributed by atoms with Gasteiger partial charge in [0, 0.05) is 17.6 Å². The molecule has 0 atom stereocenters. The van der Waals surface area contributed by atoms with Crippen LogP contribution in [0.5, 0.6) is 11.5 Å². The van der Waals surface area contributed by atoms with E-state index >= 15 is 0 Å². The van der Waals surface area contributed by atoms with Crippen molar-refractivity contribution in [3.63, 3.8) is 0 Å². The lowest BCUT2D eigenvalue weighted by molar-refractivity contribution is 0.0609. The van der Waals surface area contributed by atoms with Crippen LogP contribution in [-0.2, 0) is 6.54 Å². The van der Waals surface area contributed by atoms with E-state index in [1.165, 1.54) is 0 Å². The van der Waals surface area contributed by atoms with Gasteiger partial charge >= 0.3 is 0 Å². The van der Waals surface area contributed by atoms with Crippen LogP contribution in [0.1, 0.15) is 36.7 Å². The molecule has 1 aliphatic rings. The van der Waals surface area contributed by atoms with Gasteiger partial charge < -0.3 is 14.4 Å². The molecule has 0 bridgehead atoms. The minimum atomic E-state index is -0.184. The van der Waals surface area contributed by atoms with Gasteiger partial charge in [-0.15, -0.1) is 0 Å². The van der Waals surface area contributed by atoms with Crippen molar-refractivity contribution in [3.8, 4) is 11.5 Å². The molecule has 0 spiro atoms. The fourth-order valence-electron chi connectivity index (χ4n) is 2.18. The monoisotopic (exact) mass is 249 g/mol. The summed E-state index contributed by atoms with van der Waals surface area (Å²) >= 11 is 0. The molecule has 1 amide bonds. The molecule has 0 fully saturated rings. The first-order valence-corrected chi connectivity index (χ1v) is 5.95. The van der Waals surface area contributed by atoms with E-state index in [9.17, 15) is 4.79 Å². The van der Waals surface area contributed by atoms with Crippen LogP contribution < -0.4 is 9.47 Å². The maximum Gasteiger partial charge on any atom is 0.255 e. The Morgan fingerprint density at radius 3 is 2.17 bits per heavy atom. The Balaban J connectivity index is 2.46. The zero-order valence-corrected chi connectivity index (χ0v) is 11.5. The number of ether oxygens (including phenoxy) is 2. The van der Waals surface area contributed by atoms with Gasteiger partial charge in [-0.1, -0.05) is 0 Å². The SMILES string of the molecule is COc1cc2c(cc1OC)C(=O)N(C(C)(C)C)C2. The molecule has 1 heterocycles. The van der Waals surface area contributed by atoms with Crippen molar-refractivity contribution < 1.29 is 14.3 Å². The Morgan fingerprint density at radius 2 is 1.67 bits per heavy atom. The third kappa shape index (κ3) is 1.92. The number of methoxy groups -OCH3 is 2. The Kier molecular flexibility index (Phi) is 2.97. The quantitative estimate of drug-likeness (QED) is 0.808. The van der Waals surface area contributed by atoms with Crippen molar-refractivity contribution >= 4 is 5.91 Å². The van der Waals surface area contributed by atoms with Crippen molar-refractivity contribution in [3.05, 3.63) is 23.3 Å². The predicted octanol–water partition coefficient (Wildman–Crippen LogP) is 2.46. The summed E-state index contributed by atoms with van der Waals surface area (Å²) in [7, 11) is 3.17. The van der Waals surface area contributed by atoms with Gasteiger partial charge in [0.15, 0.2) is 11.5 Å². The van der Waals surface area contributed by atoms with Crippen LogP contribution in [0.25, 0.3) is 0 Å². The van der Waals surface area contributed by atoms with Gasteiger partial charge in [0.05, 0.1) is 14.2 Å². The second kappa shape index (κ2) is 4.19. The molecule has 1 aromatic rings. The number of hydrogen-bond acceptors (Lipinski definition) is 3. The zero-order valence-electron chi connectivity index (χ0n) is 11.5. The fourth-order valence-corrected chi connectivity index (χ4v) is 2.18. The minimum Gasteiger partial charge on any atom is -0.493 e. The molecular weight excluding hydrogens is 230 g/mol. The maximum absolute atomic E-state index is 12.3. The number of rotatable bonds is 2. The minimum absolute atomic E-state index is 0.0541. The summed E-state index contributed by atoms with van der Waals surface area (Å²) < 4.78 is 10.5. The van der Waals surface area contributed by atoms with Crippen LogP contribution in [0, 0.1) is 0 Å². The maximum atomic E-state index is 12.3. The molecule has 98 valence electrons. The second-order valence-corrected chi connectivity index (χ2v) is 5.43. The summed E-state index contributed by atoms with van der Waals surface area (Å²) in [4.78, 5) is 14.2. The van der Waals surface area contributed by atoms with Crippen LogP contribution in [0.3, 0.4) is 0 Å². The van der Waals surface area contributed by atoms with Crippen molar-refractivity contribution in [2.24, 2.45) is 0 Å². The summed E-state index contributed by atoms with van der Waals surface area (Å²) in [6.07, 6.45) is 0. The molecule has 0 aliphatic carbocycles. The Hall–Kier alpha value is -1.71. The molecule has 1 aliphatic heterocycles. The van der Waals surface area contributed by atoms with E-state index in [1.54, 1.807) is 20.3 Å². The first kappa shape index (κ1) is 12.7. The van der Waals surface area contributed by atoms with Gasteiger partial charge in [0.25, 0.3) is 5.91 Å².